The Morgan fingerprint density at radius 1 is 1.00 bits per heavy atom. The van der Waals surface area contributed by atoms with Crippen LogP contribution in [0.15, 0.2) is 54.6 Å². The lowest BCUT2D eigenvalue weighted by molar-refractivity contribution is -0.120. The number of nitrogens with zero attached hydrogens (tertiary/aromatic N) is 1. The lowest BCUT2D eigenvalue weighted by Crippen LogP contribution is -2.35. The van der Waals surface area contributed by atoms with Gasteiger partial charge in [-0.2, -0.15) is 0 Å². The summed E-state index contributed by atoms with van der Waals surface area (Å²) in [4.78, 5) is 14.3. The Morgan fingerprint density at radius 2 is 1.65 bits per heavy atom. The normalized spacial score (nSPS) is 12.2. The van der Waals surface area contributed by atoms with Gasteiger partial charge in [0.15, 0.2) is 0 Å². The minimum atomic E-state index is 0.0632. The highest BCUT2D eigenvalue weighted by Gasteiger charge is 2.15. The molecule has 1 amide bonds. The maximum absolute atomic E-state index is 12.1. The van der Waals surface area contributed by atoms with Crippen molar-refractivity contribution < 1.29 is 4.79 Å². The molecular weight excluding hydrogens is 284 g/mol. The van der Waals surface area contributed by atoms with Crippen LogP contribution in [-0.2, 0) is 17.6 Å². The largest absolute Gasteiger partial charge is 0.354 e. The van der Waals surface area contributed by atoms with E-state index in [2.05, 4.69) is 41.4 Å². The summed E-state index contributed by atoms with van der Waals surface area (Å²) < 4.78 is 0. The van der Waals surface area contributed by atoms with Crippen LogP contribution in [0.5, 0.6) is 0 Å². The first-order chi connectivity index (χ1) is 11.1. The maximum Gasteiger partial charge on any atom is 0.224 e. The third-order valence-electron chi connectivity index (χ3n) is 4.10. The second-order valence-electron chi connectivity index (χ2n) is 6.04. The molecule has 0 bridgehead atoms. The van der Waals surface area contributed by atoms with E-state index in [-0.39, 0.29) is 11.9 Å². The molecule has 0 saturated heterocycles. The average molecular weight is 310 g/mol. The molecule has 23 heavy (non-hydrogen) atoms. The van der Waals surface area contributed by atoms with Gasteiger partial charge in [-0.15, -0.1) is 0 Å². The molecule has 3 nitrogen and oxygen atoms in total. The molecule has 2 aromatic carbocycles. The van der Waals surface area contributed by atoms with E-state index in [9.17, 15) is 4.79 Å². The number of benzene rings is 2. The zero-order chi connectivity index (χ0) is 16.7. The third-order valence-corrected chi connectivity index (χ3v) is 4.10. The van der Waals surface area contributed by atoms with Crippen molar-refractivity contribution in [3.05, 3.63) is 71.3 Å². The van der Waals surface area contributed by atoms with Crippen LogP contribution in [0.3, 0.4) is 0 Å². The number of carbonyl (C=O) groups is 1. The zero-order valence-electron chi connectivity index (χ0n) is 14.3. The molecule has 0 fully saturated rings. The summed E-state index contributed by atoms with van der Waals surface area (Å²) in [6.45, 7) is 2.77. The minimum absolute atomic E-state index is 0.0632. The summed E-state index contributed by atoms with van der Waals surface area (Å²) in [6, 6.07) is 18.7. The van der Waals surface area contributed by atoms with Gasteiger partial charge in [0.25, 0.3) is 0 Å². The number of amides is 1. The topological polar surface area (TPSA) is 32.3 Å². The van der Waals surface area contributed by atoms with Gasteiger partial charge in [0.1, 0.15) is 0 Å². The average Bonchev–Trinajstić information content (AvgIpc) is 2.56. The second-order valence-corrected chi connectivity index (χ2v) is 6.04. The monoisotopic (exact) mass is 310 g/mol. The van der Waals surface area contributed by atoms with E-state index in [0.717, 1.165) is 12.0 Å². The Hall–Kier alpha value is -2.13. The van der Waals surface area contributed by atoms with Gasteiger partial charge in [0, 0.05) is 6.54 Å². The van der Waals surface area contributed by atoms with Crippen molar-refractivity contribution in [1.29, 1.82) is 0 Å². The molecule has 0 aliphatic heterocycles. The van der Waals surface area contributed by atoms with E-state index in [0.29, 0.717) is 13.0 Å². The van der Waals surface area contributed by atoms with Crippen molar-refractivity contribution in [2.45, 2.75) is 25.8 Å². The first-order valence-corrected chi connectivity index (χ1v) is 8.16. The molecule has 0 heterocycles. The highest BCUT2D eigenvalue weighted by Crippen LogP contribution is 2.18. The molecule has 0 spiro atoms. The third kappa shape index (κ3) is 5.22. The number of carbonyl (C=O) groups excluding carboxylic acids is 1. The SMILES string of the molecule is CCc1ccc(C(CNC(=O)Cc2ccccc2)N(C)C)cc1. The highest BCUT2D eigenvalue weighted by atomic mass is 16.1. The number of hydrogen-bond acceptors (Lipinski definition) is 2. The van der Waals surface area contributed by atoms with Crippen LogP contribution < -0.4 is 5.32 Å². The number of nitrogens with one attached hydrogen (secondary N) is 1. The molecule has 2 aromatic rings. The lowest BCUT2D eigenvalue weighted by Gasteiger charge is -2.25. The van der Waals surface area contributed by atoms with Gasteiger partial charge >= 0.3 is 0 Å². The maximum atomic E-state index is 12.1. The first kappa shape index (κ1) is 17.2. The van der Waals surface area contributed by atoms with Gasteiger partial charge in [-0.3, -0.25) is 4.79 Å². The Labute approximate surface area is 139 Å². The quantitative estimate of drug-likeness (QED) is 0.851. The Kier molecular flexibility index (Phi) is 6.36. The number of likely N-dealkylation sites (N-methyl/N-ethyl adjacent to an activating group) is 1. The van der Waals surface area contributed by atoms with Crippen molar-refractivity contribution in [2.75, 3.05) is 20.6 Å². The summed E-state index contributed by atoms with van der Waals surface area (Å²) in [7, 11) is 4.09. The van der Waals surface area contributed by atoms with Crippen LogP contribution in [0.25, 0.3) is 0 Å². The number of rotatable bonds is 7. The van der Waals surface area contributed by atoms with Crippen molar-refractivity contribution in [2.24, 2.45) is 0 Å². The Bertz CT molecular complexity index is 605. The van der Waals surface area contributed by atoms with Crippen LogP contribution in [0, 0.1) is 0 Å². The molecule has 1 unspecified atom stereocenters. The van der Waals surface area contributed by atoms with Crippen molar-refractivity contribution in [3.8, 4) is 0 Å². The molecule has 122 valence electrons. The van der Waals surface area contributed by atoms with Crippen LogP contribution in [-0.4, -0.2) is 31.4 Å². The molecule has 1 N–H and O–H groups in total. The fraction of sp³-hybridized carbons (Fsp3) is 0.350. The predicted molar refractivity (Wildman–Crippen MR) is 95.4 cm³/mol. The van der Waals surface area contributed by atoms with Crippen LogP contribution in [0.1, 0.15) is 29.7 Å². The standard InChI is InChI=1S/C20H26N2O/c1-4-16-10-12-18(13-11-16)19(22(2)3)15-21-20(23)14-17-8-6-5-7-9-17/h5-13,19H,4,14-15H2,1-3H3,(H,21,23). The molecule has 3 heteroatoms. The van der Waals surface area contributed by atoms with E-state index in [1.165, 1.54) is 11.1 Å². The van der Waals surface area contributed by atoms with Crippen molar-refractivity contribution in [1.82, 2.24) is 10.2 Å². The van der Waals surface area contributed by atoms with E-state index in [1.807, 2.05) is 44.4 Å². The molecule has 0 radical (unpaired) electrons. The smallest absolute Gasteiger partial charge is 0.224 e. The van der Waals surface area contributed by atoms with E-state index in [1.54, 1.807) is 0 Å². The van der Waals surface area contributed by atoms with E-state index < -0.39 is 0 Å². The lowest BCUT2D eigenvalue weighted by atomic mass is 10.0. The summed E-state index contributed by atoms with van der Waals surface area (Å²) in [5.74, 6) is 0.0632. The number of hydrogen-bond donors (Lipinski definition) is 1. The second kappa shape index (κ2) is 8.49. The summed E-state index contributed by atoms with van der Waals surface area (Å²) in [5, 5.41) is 3.06. The Morgan fingerprint density at radius 3 is 2.22 bits per heavy atom. The van der Waals surface area contributed by atoms with Crippen LogP contribution >= 0.6 is 0 Å². The van der Waals surface area contributed by atoms with Crippen LogP contribution in [0.4, 0.5) is 0 Å². The van der Waals surface area contributed by atoms with Crippen molar-refractivity contribution in [3.63, 3.8) is 0 Å². The van der Waals surface area contributed by atoms with E-state index >= 15 is 0 Å². The highest BCUT2D eigenvalue weighted by molar-refractivity contribution is 5.78. The van der Waals surface area contributed by atoms with Gasteiger partial charge in [-0.05, 0) is 37.2 Å². The number of aryl methyl sites for hydroxylation is 1. The van der Waals surface area contributed by atoms with Gasteiger partial charge in [-0.25, -0.2) is 0 Å². The molecule has 1 atom stereocenters. The summed E-state index contributed by atoms with van der Waals surface area (Å²) >= 11 is 0. The van der Waals surface area contributed by atoms with Crippen LogP contribution in [0.2, 0.25) is 0 Å². The van der Waals surface area contributed by atoms with Gasteiger partial charge < -0.3 is 10.2 Å². The zero-order valence-corrected chi connectivity index (χ0v) is 14.3. The molecule has 2 rings (SSSR count). The molecule has 0 saturated carbocycles. The molecule has 0 aromatic heterocycles. The van der Waals surface area contributed by atoms with E-state index in [4.69, 9.17) is 0 Å². The minimum Gasteiger partial charge on any atom is -0.354 e. The first-order valence-electron chi connectivity index (χ1n) is 8.16. The van der Waals surface area contributed by atoms with Gasteiger partial charge in [0.05, 0.1) is 12.5 Å². The molecule has 0 aliphatic rings. The van der Waals surface area contributed by atoms with Gasteiger partial charge in [-0.1, -0.05) is 61.5 Å². The Balaban J connectivity index is 1.95. The predicted octanol–water partition coefficient (Wildman–Crippen LogP) is 3.21. The molecular formula is C20H26N2O. The summed E-state index contributed by atoms with van der Waals surface area (Å²) in [5.41, 5.74) is 3.60. The molecule has 0 aliphatic carbocycles. The fourth-order valence-corrected chi connectivity index (χ4v) is 2.63. The fourth-order valence-electron chi connectivity index (χ4n) is 2.63. The van der Waals surface area contributed by atoms with Gasteiger partial charge in [0.2, 0.25) is 5.91 Å². The van der Waals surface area contributed by atoms with Crippen molar-refractivity contribution >= 4 is 5.91 Å². The summed E-state index contributed by atoms with van der Waals surface area (Å²) in [6.07, 6.45) is 1.47.